The van der Waals surface area contributed by atoms with Gasteiger partial charge in [0, 0.05) is 11.8 Å². The van der Waals surface area contributed by atoms with Crippen molar-refractivity contribution in [3.05, 3.63) is 11.8 Å². The molecule has 0 rings (SSSR count). The van der Waals surface area contributed by atoms with E-state index in [1.54, 1.807) is 6.92 Å². The Morgan fingerprint density at radius 3 is 2.33 bits per heavy atom. The monoisotopic (exact) mass is 85.1 g/mol. The summed E-state index contributed by atoms with van der Waals surface area (Å²) < 4.78 is 0. The molecule has 34 valence electrons. The van der Waals surface area contributed by atoms with E-state index in [2.05, 4.69) is 0 Å². The zero-order valence-electron chi connectivity index (χ0n) is 3.64. The number of rotatable bonds is 1. The van der Waals surface area contributed by atoms with Gasteiger partial charge in [0.15, 0.2) is 0 Å². The summed E-state index contributed by atoms with van der Waals surface area (Å²) in [6.07, 6.45) is 1.98. The zero-order valence-corrected chi connectivity index (χ0v) is 3.64. The lowest BCUT2D eigenvalue weighted by Gasteiger charge is -1.74. The first-order valence-electron chi connectivity index (χ1n) is 1.65. The maximum atomic E-state index is 9.59. The van der Waals surface area contributed by atoms with Gasteiger partial charge in [0.05, 0.1) is 0 Å². The van der Waals surface area contributed by atoms with Crippen molar-refractivity contribution in [2.75, 3.05) is 0 Å². The van der Waals surface area contributed by atoms with E-state index in [9.17, 15) is 4.79 Å². The highest BCUT2D eigenvalue weighted by molar-refractivity contribution is 5.71. The van der Waals surface area contributed by atoms with Crippen LogP contribution < -0.4 is 5.73 Å². The van der Waals surface area contributed by atoms with Crippen molar-refractivity contribution in [2.24, 2.45) is 5.73 Å². The summed E-state index contributed by atoms with van der Waals surface area (Å²) in [6.45, 7) is 1.65. The van der Waals surface area contributed by atoms with Gasteiger partial charge < -0.3 is 5.73 Å². The van der Waals surface area contributed by atoms with Gasteiger partial charge in [-0.25, -0.2) is 0 Å². The van der Waals surface area contributed by atoms with Gasteiger partial charge in [-0.15, -0.1) is 0 Å². The van der Waals surface area contributed by atoms with Crippen LogP contribution in [-0.2, 0) is 4.79 Å². The minimum atomic E-state index is 0.565. The second-order valence-electron chi connectivity index (χ2n) is 1.03. The molecule has 0 unspecified atom stereocenters. The quantitative estimate of drug-likeness (QED) is 0.361. The fraction of sp³-hybridized carbons (Fsp3) is 0.250. The maximum absolute atomic E-state index is 9.59. The lowest BCUT2D eigenvalue weighted by Crippen LogP contribution is -1.83. The van der Waals surface area contributed by atoms with Crippen molar-refractivity contribution in [1.29, 1.82) is 0 Å². The number of hydrogen-bond donors (Lipinski definition) is 1. The Balaban J connectivity index is 3.50. The topological polar surface area (TPSA) is 43.1 Å². The largest absolute Gasteiger partial charge is 0.404 e. The molecule has 0 saturated carbocycles. The summed E-state index contributed by atoms with van der Waals surface area (Å²) in [6, 6.07) is 0. The molecule has 6 heavy (non-hydrogen) atoms. The normalized spacial score (nSPS) is 11.2. The van der Waals surface area contributed by atoms with Gasteiger partial charge >= 0.3 is 0 Å². The SMILES string of the molecule is C/C(C=O)=C\N. The van der Waals surface area contributed by atoms with Crippen LogP contribution in [0.4, 0.5) is 0 Å². The van der Waals surface area contributed by atoms with E-state index in [-0.39, 0.29) is 0 Å². The van der Waals surface area contributed by atoms with E-state index >= 15 is 0 Å². The van der Waals surface area contributed by atoms with Gasteiger partial charge in [-0.1, -0.05) is 0 Å². The predicted molar refractivity (Wildman–Crippen MR) is 24.0 cm³/mol. The Morgan fingerprint density at radius 2 is 2.33 bits per heavy atom. The van der Waals surface area contributed by atoms with Crippen molar-refractivity contribution in [3.63, 3.8) is 0 Å². The predicted octanol–water partition coefficient (Wildman–Crippen LogP) is 0.0478. The first-order valence-corrected chi connectivity index (χ1v) is 1.65. The third kappa shape index (κ3) is 1.52. The molecule has 0 aromatic heterocycles. The lowest BCUT2D eigenvalue weighted by atomic mass is 10.4. The van der Waals surface area contributed by atoms with Crippen LogP contribution in [0.25, 0.3) is 0 Å². The molecule has 2 heteroatoms. The molecular weight excluding hydrogens is 78.1 g/mol. The molecular formula is C4H7NO. The van der Waals surface area contributed by atoms with E-state index in [1.807, 2.05) is 0 Å². The van der Waals surface area contributed by atoms with Crippen LogP contribution in [0.15, 0.2) is 11.8 Å². The fourth-order valence-electron chi connectivity index (χ4n) is 0.0393. The van der Waals surface area contributed by atoms with Gasteiger partial charge in [-0.3, -0.25) is 4.79 Å². The van der Waals surface area contributed by atoms with Crippen LogP contribution in [0, 0.1) is 0 Å². The summed E-state index contributed by atoms with van der Waals surface area (Å²) in [5.74, 6) is 0. The second kappa shape index (κ2) is 2.45. The van der Waals surface area contributed by atoms with E-state index in [0.29, 0.717) is 11.9 Å². The van der Waals surface area contributed by atoms with Gasteiger partial charge in [0.1, 0.15) is 6.29 Å². The zero-order chi connectivity index (χ0) is 4.99. The van der Waals surface area contributed by atoms with Gasteiger partial charge in [-0.05, 0) is 6.92 Å². The molecule has 0 bridgehead atoms. The average Bonchev–Trinajstić information content (AvgIpc) is 1.65. The van der Waals surface area contributed by atoms with Crippen molar-refractivity contribution in [3.8, 4) is 0 Å². The average molecular weight is 85.1 g/mol. The summed E-state index contributed by atoms with van der Waals surface area (Å²) in [5.41, 5.74) is 5.45. The fourth-order valence-corrected chi connectivity index (χ4v) is 0.0393. The Bertz CT molecular complexity index is 75.6. The molecule has 0 spiro atoms. The standard InChI is InChI=1S/C4H7NO/c1-4(2-5)3-6/h2-3H,5H2,1H3/b4-2+. The summed E-state index contributed by atoms with van der Waals surface area (Å²) in [5, 5.41) is 0. The smallest absolute Gasteiger partial charge is 0.147 e. The van der Waals surface area contributed by atoms with Crippen LogP contribution >= 0.6 is 0 Å². The van der Waals surface area contributed by atoms with Crippen LogP contribution in [0.3, 0.4) is 0 Å². The minimum absolute atomic E-state index is 0.565. The van der Waals surface area contributed by atoms with E-state index in [1.165, 1.54) is 6.20 Å². The first-order chi connectivity index (χ1) is 2.81. The van der Waals surface area contributed by atoms with Crippen LogP contribution in [-0.4, -0.2) is 6.29 Å². The molecule has 0 radical (unpaired) electrons. The summed E-state index contributed by atoms with van der Waals surface area (Å²) >= 11 is 0. The molecule has 0 aromatic carbocycles. The molecule has 0 aliphatic carbocycles. The molecule has 0 amide bonds. The maximum Gasteiger partial charge on any atom is 0.147 e. The van der Waals surface area contributed by atoms with Crippen molar-refractivity contribution < 1.29 is 4.79 Å². The Kier molecular flexibility index (Phi) is 2.13. The molecule has 0 atom stereocenters. The molecule has 0 aromatic rings. The third-order valence-corrected chi connectivity index (χ3v) is 0.449. The lowest BCUT2D eigenvalue weighted by molar-refractivity contribution is -0.104. The molecule has 0 aliphatic rings. The highest BCUT2D eigenvalue weighted by Crippen LogP contribution is 1.75. The van der Waals surface area contributed by atoms with Crippen LogP contribution in [0.5, 0.6) is 0 Å². The molecule has 0 heterocycles. The van der Waals surface area contributed by atoms with Gasteiger partial charge in [-0.2, -0.15) is 0 Å². The highest BCUT2D eigenvalue weighted by Gasteiger charge is 1.73. The number of allylic oxidation sites excluding steroid dienone is 1. The Morgan fingerprint density at radius 1 is 1.83 bits per heavy atom. The Labute approximate surface area is 36.6 Å². The first kappa shape index (κ1) is 5.21. The molecule has 2 N–H and O–H groups in total. The van der Waals surface area contributed by atoms with E-state index < -0.39 is 0 Å². The number of hydrogen-bond acceptors (Lipinski definition) is 2. The number of nitrogens with two attached hydrogens (primary N) is 1. The summed E-state index contributed by atoms with van der Waals surface area (Å²) in [7, 11) is 0. The molecule has 0 aliphatic heterocycles. The highest BCUT2D eigenvalue weighted by atomic mass is 16.1. The van der Waals surface area contributed by atoms with Gasteiger partial charge in [0.2, 0.25) is 0 Å². The molecule has 0 saturated heterocycles. The van der Waals surface area contributed by atoms with Crippen molar-refractivity contribution in [1.82, 2.24) is 0 Å². The van der Waals surface area contributed by atoms with Crippen molar-refractivity contribution >= 4 is 6.29 Å². The van der Waals surface area contributed by atoms with E-state index in [0.717, 1.165) is 0 Å². The number of carbonyl (C=O) groups is 1. The van der Waals surface area contributed by atoms with E-state index in [4.69, 9.17) is 5.73 Å². The number of carbonyl (C=O) groups excluding carboxylic acids is 1. The van der Waals surface area contributed by atoms with Crippen LogP contribution in [0.2, 0.25) is 0 Å². The third-order valence-electron chi connectivity index (χ3n) is 0.449. The molecule has 2 nitrogen and oxygen atoms in total. The minimum Gasteiger partial charge on any atom is -0.404 e. The summed E-state index contributed by atoms with van der Waals surface area (Å²) in [4.78, 5) is 9.59. The van der Waals surface area contributed by atoms with Gasteiger partial charge in [0.25, 0.3) is 0 Å². The second-order valence-corrected chi connectivity index (χ2v) is 1.03. The number of aldehydes is 1. The van der Waals surface area contributed by atoms with Crippen LogP contribution in [0.1, 0.15) is 6.92 Å². The Hall–Kier alpha value is -0.790. The molecule has 0 fully saturated rings. The van der Waals surface area contributed by atoms with Crippen molar-refractivity contribution in [2.45, 2.75) is 6.92 Å².